The number of aliphatic hydroxyl groups excluding tert-OH is 1. The van der Waals surface area contributed by atoms with Crippen LogP contribution in [0.25, 0.3) is 22.2 Å². The maximum absolute atomic E-state index is 12.7. The lowest BCUT2D eigenvalue weighted by molar-refractivity contribution is -0.137. The first kappa shape index (κ1) is 15.5. The largest absolute Gasteiger partial charge is 0.416 e. The second-order valence-electron chi connectivity index (χ2n) is 5.37. The molecule has 0 radical (unpaired) electrons. The summed E-state index contributed by atoms with van der Waals surface area (Å²) in [5.41, 5.74) is 1.64. The molecule has 0 fully saturated rings. The molecule has 0 saturated carbocycles. The van der Waals surface area contributed by atoms with Gasteiger partial charge in [-0.2, -0.15) is 13.2 Å². The summed E-state index contributed by atoms with van der Waals surface area (Å²) in [5, 5.41) is 10.9. The SMILES string of the molecule is CC(O)c1cc2ccccc2nc1-c1ccc(C(F)(F)F)cc1. The van der Waals surface area contributed by atoms with E-state index in [2.05, 4.69) is 4.98 Å². The highest BCUT2D eigenvalue weighted by atomic mass is 19.4. The lowest BCUT2D eigenvalue weighted by Gasteiger charge is -2.14. The monoisotopic (exact) mass is 317 g/mol. The van der Waals surface area contributed by atoms with Crippen molar-refractivity contribution in [3.05, 3.63) is 65.7 Å². The number of aliphatic hydroxyl groups is 1. The summed E-state index contributed by atoms with van der Waals surface area (Å²) in [6, 6.07) is 14.1. The number of hydrogen-bond donors (Lipinski definition) is 1. The van der Waals surface area contributed by atoms with Crippen LogP contribution in [0.1, 0.15) is 24.2 Å². The molecule has 0 spiro atoms. The highest BCUT2D eigenvalue weighted by molar-refractivity contribution is 5.83. The molecule has 23 heavy (non-hydrogen) atoms. The Hall–Kier alpha value is -2.40. The Morgan fingerprint density at radius 2 is 1.65 bits per heavy atom. The summed E-state index contributed by atoms with van der Waals surface area (Å²) in [5.74, 6) is 0. The van der Waals surface area contributed by atoms with Gasteiger partial charge in [-0.15, -0.1) is 0 Å². The van der Waals surface area contributed by atoms with Gasteiger partial charge in [0, 0.05) is 16.5 Å². The molecule has 1 unspecified atom stereocenters. The number of hydrogen-bond acceptors (Lipinski definition) is 2. The summed E-state index contributed by atoms with van der Waals surface area (Å²) in [6.07, 6.45) is -5.15. The second kappa shape index (κ2) is 5.66. The van der Waals surface area contributed by atoms with Crippen molar-refractivity contribution in [1.29, 1.82) is 0 Å². The molecule has 2 aromatic carbocycles. The minimum atomic E-state index is -4.37. The van der Waals surface area contributed by atoms with Crippen molar-refractivity contribution >= 4 is 10.9 Å². The molecule has 0 aliphatic heterocycles. The average molecular weight is 317 g/mol. The van der Waals surface area contributed by atoms with E-state index in [1.165, 1.54) is 12.1 Å². The lowest BCUT2D eigenvalue weighted by atomic mass is 9.99. The lowest BCUT2D eigenvalue weighted by Crippen LogP contribution is -2.04. The van der Waals surface area contributed by atoms with Gasteiger partial charge < -0.3 is 5.11 Å². The number of halogens is 3. The summed E-state index contributed by atoms with van der Waals surface area (Å²) in [7, 11) is 0. The summed E-state index contributed by atoms with van der Waals surface area (Å²) in [4.78, 5) is 4.52. The van der Waals surface area contributed by atoms with Crippen LogP contribution in [-0.2, 0) is 6.18 Å². The van der Waals surface area contributed by atoms with Crippen LogP contribution in [0.2, 0.25) is 0 Å². The Morgan fingerprint density at radius 1 is 1.00 bits per heavy atom. The molecule has 1 N–H and O–H groups in total. The zero-order chi connectivity index (χ0) is 16.6. The Morgan fingerprint density at radius 3 is 2.26 bits per heavy atom. The van der Waals surface area contributed by atoms with Crippen LogP contribution in [0.5, 0.6) is 0 Å². The van der Waals surface area contributed by atoms with E-state index < -0.39 is 17.8 Å². The van der Waals surface area contributed by atoms with Gasteiger partial charge in [-0.05, 0) is 31.2 Å². The van der Waals surface area contributed by atoms with Gasteiger partial charge in [0.25, 0.3) is 0 Å². The van der Waals surface area contributed by atoms with Crippen LogP contribution < -0.4 is 0 Å². The molecule has 0 amide bonds. The van der Waals surface area contributed by atoms with Gasteiger partial charge in [-0.25, -0.2) is 4.98 Å². The number of pyridine rings is 1. The third-order valence-electron chi connectivity index (χ3n) is 3.69. The quantitative estimate of drug-likeness (QED) is 0.723. The predicted molar refractivity (Wildman–Crippen MR) is 82.8 cm³/mol. The summed E-state index contributed by atoms with van der Waals surface area (Å²) >= 11 is 0. The third-order valence-corrected chi connectivity index (χ3v) is 3.69. The molecule has 0 aliphatic carbocycles. The molecule has 0 saturated heterocycles. The first-order valence-electron chi connectivity index (χ1n) is 7.11. The van der Waals surface area contributed by atoms with Crippen molar-refractivity contribution < 1.29 is 18.3 Å². The normalized spacial score (nSPS) is 13.3. The zero-order valence-corrected chi connectivity index (χ0v) is 12.3. The smallest absolute Gasteiger partial charge is 0.389 e. The number of fused-ring (bicyclic) bond motifs is 1. The fraction of sp³-hybridized carbons (Fsp3) is 0.167. The highest BCUT2D eigenvalue weighted by Gasteiger charge is 2.30. The standard InChI is InChI=1S/C18H14F3NO/c1-11(23)15-10-13-4-2-3-5-16(13)22-17(15)12-6-8-14(9-7-12)18(19,20)21/h2-11,23H,1H3. The Labute approximate surface area is 131 Å². The van der Waals surface area contributed by atoms with E-state index in [4.69, 9.17) is 0 Å². The van der Waals surface area contributed by atoms with Gasteiger partial charge in [0.05, 0.1) is 22.9 Å². The number of nitrogens with zero attached hydrogens (tertiary/aromatic N) is 1. The van der Waals surface area contributed by atoms with Crippen molar-refractivity contribution in [3.63, 3.8) is 0 Å². The molecule has 3 rings (SSSR count). The van der Waals surface area contributed by atoms with Crippen molar-refractivity contribution in [2.24, 2.45) is 0 Å². The van der Waals surface area contributed by atoms with E-state index in [1.54, 1.807) is 6.92 Å². The number of rotatable bonds is 2. The van der Waals surface area contributed by atoms with Crippen molar-refractivity contribution in [2.45, 2.75) is 19.2 Å². The molecule has 1 atom stereocenters. The number of aromatic nitrogens is 1. The molecule has 5 heteroatoms. The first-order chi connectivity index (χ1) is 10.9. The van der Waals surface area contributed by atoms with Crippen LogP contribution in [0.3, 0.4) is 0 Å². The molecular formula is C18H14F3NO. The van der Waals surface area contributed by atoms with E-state index >= 15 is 0 Å². The third kappa shape index (κ3) is 3.05. The van der Waals surface area contributed by atoms with Crippen molar-refractivity contribution in [2.75, 3.05) is 0 Å². The Bertz CT molecular complexity index is 839. The molecule has 118 valence electrons. The van der Waals surface area contributed by atoms with Crippen LogP contribution in [0.4, 0.5) is 13.2 Å². The van der Waals surface area contributed by atoms with Crippen molar-refractivity contribution in [1.82, 2.24) is 4.98 Å². The minimum Gasteiger partial charge on any atom is -0.389 e. The zero-order valence-electron chi connectivity index (χ0n) is 12.3. The fourth-order valence-corrected chi connectivity index (χ4v) is 2.50. The topological polar surface area (TPSA) is 33.1 Å². The van der Waals surface area contributed by atoms with Gasteiger partial charge in [0.2, 0.25) is 0 Å². The van der Waals surface area contributed by atoms with E-state index in [0.29, 0.717) is 16.8 Å². The number of alkyl halides is 3. The van der Waals surface area contributed by atoms with E-state index in [-0.39, 0.29) is 0 Å². The second-order valence-corrected chi connectivity index (χ2v) is 5.37. The Balaban J connectivity index is 2.16. The summed E-state index contributed by atoms with van der Waals surface area (Å²) < 4.78 is 38.0. The molecule has 0 aliphatic rings. The molecule has 1 aromatic heterocycles. The molecule has 0 bridgehead atoms. The first-order valence-corrected chi connectivity index (χ1v) is 7.11. The van der Waals surface area contributed by atoms with Gasteiger partial charge in [-0.1, -0.05) is 30.3 Å². The maximum Gasteiger partial charge on any atom is 0.416 e. The average Bonchev–Trinajstić information content (AvgIpc) is 2.53. The van der Waals surface area contributed by atoms with Gasteiger partial charge in [0.1, 0.15) is 0 Å². The minimum absolute atomic E-state index is 0.493. The van der Waals surface area contributed by atoms with Crippen LogP contribution in [0.15, 0.2) is 54.6 Å². The molecule has 1 heterocycles. The van der Waals surface area contributed by atoms with Crippen LogP contribution in [0, 0.1) is 0 Å². The number of para-hydroxylation sites is 1. The van der Waals surface area contributed by atoms with E-state index in [9.17, 15) is 18.3 Å². The van der Waals surface area contributed by atoms with Crippen molar-refractivity contribution in [3.8, 4) is 11.3 Å². The fourth-order valence-electron chi connectivity index (χ4n) is 2.50. The molecule has 3 aromatic rings. The summed E-state index contributed by atoms with van der Waals surface area (Å²) in [6.45, 7) is 1.61. The molecule has 2 nitrogen and oxygen atoms in total. The van der Waals surface area contributed by atoms with Gasteiger partial charge >= 0.3 is 6.18 Å². The Kier molecular flexibility index (Phi) is 3.82. The van der Waals surface area contributed by atoms with E-state index in [1.807, 2.05) is 30.3 Å². The number of benzene rings is 2. The van der Waals surface area contributed by atoms with Gasteiger partial charge in [-0.3, -0.25) is 0 Å². The highest BCUT2D eigenvalue weighted by Crippen LogP contribution is 2.33. The predicted octanol–water partition coefficient (Wildman–Crippen LogP) is 4.97. The maximum atomic E-state index is 12.7. The van der Waals surface area contributed by atoms with Gasteiger partial charge in [0.15, 0.2) is 0 Å². The van der Waals surface area contributed by atoms with Crippen LogP contribution in [-0.4, -0.2) is 10.1 Å². The molecular weight excluding hydrogens is 303 g/mol. The van der Waals surface area contributed by atoms with E-state index in [0.717, 1.165) is 23.0 Å². The van der Waals surface area contributed by atoms with Crippen LogP contribution >= 0.6 is 0 Å².